The van der Waals surface area contributed by atoms with Crippen molar-refractivity contribution in [1.29, 1.82) is 0 Å². The Balaban J connectivity index is 2.25. The highest BCUT2D eigenvalue weighted by molar-refractivity contribution is 6.32. The van der Waals surface area contributed by atoms with Crippen LogP contribution in [0.1, 0.15) is 11.1 Å². The Labute approximate surface area is 109 Å². The fourth-order valence-electron chi connectivity index (χ4n) is 1.51. The molecule has 18 heavy (non-hydrogen) atoms. The van der Waals surface area contributed by atoms with Crippen LogP contribution in [0.15, 0.2) is 48.5 Å². The van der Waals surface area contributed by atoms with Gasteiger partial charge in [-0.05, 0) is 17.2 Å². The summed E-state index contributed by atoms with van der Waals surface area (Å²) in [4.78, 5) is 10.1. The first-order valence-corrected chi connectivity index (χ1v) is 5.72. The fourth-order valence-corrected chi connectivity index (χ4v) is 1.75. The van der Waals surface area contributed by atoms with Gasteiger partial charge in [-0.2, -0.15) is 0 Å². The molecule has 0 amide bonds. The first-order chi connectivity index (χ1) is 8.66. The lowest BCUT2D eigenvalue weighted by atomic mass is 10.1. The van der Waals surface area contributed by atoms with Gasteiger partial charge in [0.15, 0.2) is 0 Å². The van der Waals surface area contributed by atoms with Crippen molar-refractivity contribution < 1.29 is 4.92 Å². The number of rotatable bonds is 3. The van der Waals surface area contributed by atoms with E-state index < -0.39 is 4.92 Å². The van der Waals surface area contributed by atoms with E-state index in [4.69, 9.17) is 11.6 Å². The largest absolute Gasteiger partial charge is 0.270 e. The zero-order valence-electron chi connectivity index (χ0n) is 9.42. The second-order valence-corrected chi connectivity index (χ2v) is 4.11. The van der Waals surface area contributed by atoms with E-state index in [1.165, 1.54) is 12.1 Å². The minimum atomic E-state index is -0.462. The first-order valence-electron chi connectivity index (χ1n) is 5.34. The molecule has 0 N–H and O–H groups in total. The summed E-state index contributed by atoms with van der Waals surface area (Å²) in [6.45, 7) is 0. The number of hydrogen-bond donors (Lipinski definition) is 0. The van der Waals surface area contributed by atoms with Crippen LogP contribution in [0.25, 0.3) is 12.2 Å². The summed E-state index contributed by atoms with van der Waals surface area (Å²) in [5.74, 6) is 0. The van der Waals surface area contributed by atoms with Crippen LogP contribution < -0.4 is 0 Å². The first kappa shape index (κ1) is 12.3. The molecule has 0 unspecified atom stereocenters. The Morgan fingerprint density at radius 1 is 1.06 bits per heavy atom. The molecular formula is C14H10ClNO2. The number of non-ortho nitro benzene ring substituents is 1. The zero-order chi connectivity index (χ0) is 13.0. The highest BCUT2D eigenvalue weighted by Crippen LogP contribution is 2.24. The van der Waals surface area contributed by atoms with E-state index in [1.807, 2.05) is 42.5 Å². The smallest absolute Gasteiger partial charge is 0.258 e. The molecule has 0 spiro atoms. The molecule has 0 bridgehead atoms. The molecule has 0 fully saturated rings. The standard InChI is InChI=1S/C14H10ClNO2/c15-14-10-13(16(17)18)9-8-12(14)7-6-11-4-2-1-3-5-11/h1-10H. The number of nitrogens with zero attached hydrogens (tertiary/aromatic N) is 1. The molecule has 0 saturated carbocycles. The number of nitro groups is 1. The normalized spacial score (nSPS) is 10.7. The van der Waals surface area contributed by atoms with Crippen LogP contribution in [0.3, 0.4) is 0 Å². The van der Waals surface area contributed by atoms with E-state index in [2.05, 4.69) is 0 Å². The summed E-state index contributed by atoms with van der Waals surface area (Å²) in [5.41, 5.74) is 1.80. The van der Waals surface area contributed by atoms with Gasteiger partial charge in [0.2, 0.25) is 0 Å². The summed E-state index contributed by atoms with van der Waals surface area (Å²) >= 11 is 5.98. The quantitative estimate of drug-likeness (QED) is 0.465. The molecule has 0 aliphatic carbocycles. The minimum absolute atomic E-state index is 0.00291. The highest BCUT2D eigenvalue weighted by Gasteiger charge is 2.07. The van der Waals surface area contributed by atoms with Crippen LogP contribution in [0.4, 0.5) is 5.69 Å². The van der Waals surface area contributed by atoms with E-state index in [-0.39, 0.29) is 5.69 Å². The minimum Gasteiger partial charge on any atom is -0.258 e. The van der Waals surface area contributed by atoms with Crippen molar-refractivity contribution in [3.63, 3.8) is 0 Å². The van der Waals surface area contributed by atoms with Crippen molar-refractivity contribution in [3.8, 4) is 0 Å². The van der Waals surface area contributed by atoms with E-state index in [0.717, 1.165) is 11.1 Å². The molecule has 0 aromatic heterocycles. The van der Waals surface area contributed by atoms with Crippen LogP contribution >= 0.6 is 11.6 Å². The van der Waals surface area contributed by atoms with Crippen molar-refractivity contribution in [3.05, 3.63) is 74.8 Å². The van der Waals surface area contributed by atoms with Crippen LogP contribution in [-0.4, -0.2) is 4.92 Å². The lowest BCUT2D eigenvalue weighted by Crippen LogP contribution is -1.87. The fraction of sp³-hybridized carbons (Fsp3) is 0. The van der Waals surface area contributed by atoms with Crippen molar-refractivity contribution in [2.45, 2.75) is 0 Å². The lowest BCUT2D eigenvalue weighted by Gasteiger charge is -1.98. The van der Waals surface area contributed by atoms with Crippen molar-refractivity contribution in [1.82, 2.24) is 0 Å². The third-order valence-corrected chi connectivity index (χ3v) is 2.78. The number of hydrogen-bond acceptors (Lipinski definition) is 2. The lowest BCUT2D eigenvalue weighted by molar-refractivity contribution is -0.384. The Hall–Kier alpha value is -2.13. The average molecular weight is 260 g/mol. The zero-order valence-corrected chi connectivity index (χ0v) is 10.2. The van der Waals surface area contributed by atoms with Gasteiger partial charge in [-0.25, -0.2) is 0 Å². The van der Waals surface area contributed by atoms with E-state index in [1.54, 1.807) is 6.07 Å². The van der Waals surface area contributed by atoms with Crippen molar-refractivity contribution >= 4 is 29.4 Å². The van der Waals surface area contributed by atoms with Gasteiger partial charge in [-0.1, -0.05) is 54.1 Å². The van der Waals surface area contributed by atoms with E-state index in [0.29, 0.717) is 5.02 Å². The molecule has 0 aliphatic heterocycles. The maximum Gasteiger partial charge on any atom is 0.270 e. The van der Waals surface area contributed by atoms with Crippen LogP contribution in [0.2, 0.25) is 5.02 Å². The summed E-state index contributed by atoms with van der Waals surface area (Å²) in [6.07, 6.45) is 3.74. The molecule has 2 rings (SSSR count). The third-order valence-electron chi connectivity index (χ3n) is 2.45. The SMILES string of the molecule is O=[N+]([O-])c1ccc(C=Cc2ccccc2)c(Cl)c1. The predicted octanol–water partition coefficient (Wildman–Crippen LogP) is 4.42. The second-order valence-electron chi connectivity index (χ2n) is 3.71. The molecule has 2 aromatic carbocycles. The molecule has 90 valence electrons. The van der Waals surface area contributed by atoms with E-state index >= 15 is 0 Å². The van der Waals surface area contributed by atoms with Crippen LogP contribution in [-0.2, 0) is 0 Å². The molecule has 0 heterocycles. The van der Waals surface area contributed by atoms with E-state index in [9.17, 15) is 10.1 Å². The maximum absolute atomic E-state index is 10.6. The molecule has 3 nitrogen and oxygen atoms in total. The topological polar surface area (TPSA) is 43.1 Å². The molecule has 2 aromatic rings. The van der Waals surface area contributed by atoms with Gasteiger partial charge in [0.25, 0.3) is 5.69 Å². The van der Waals surface area contributed by atoms with Gasteiger partial charge in [0.1, 0.15) is 0 Å². The molecule has 0 aliphatic rings. The summed E-state index contributed by atoms with van der Waals surface area (Å²) in [6, 6.07) is 14.2. The Bertz CT molecular complexity index is 594. The van der Waals surface area contributed by atoms with Crippen molar-refractivity contribution in [2.24, 2.45) is 0 Å². The molecule has 4 heteroatoms. The number of halogens is 1. The van der Waals surface area contributed by atoms with Gasteiger partial charge in [0.05, 0.1) is 9.95 Å². The highest BCUT2D eigenvalue weighted by atomic mass is 35.5. The average Bonchev–Trinajstić information content (AvgIpc) is 2.38. The monoisotopic (exact) mass is 259 g/mol. The van der Waals surface area contributed by atoms with Crippen LogP contribution in [0.5, 0.6) is 0 Å². The van der Waals surface area contributed by atoms with Gasteiger partial charge < -0.3 is 0 Å². The molecular weight excluding hydrogens is 250 g/mol. The van der Waals surface area contributed by atoms with Gasteiger partial charge >= 0.3 is 0 Å². The Morgan fingerprint density at radius 3 is 2.39 bits per heavy atom. The Morgan fingerprint density at radius 2 is 1.78 bits per heavy atom. The Kier molecular flexibility index (Phi) is 3.75. The summed E-state index contributed by atoms with van der Waals surface area (Å²) in [5, 5.41) is 10.9. The van der Waals surface area contributed by atoms with Crippen molar-refractivity contribution in [2.75, 3.05) is 0 Å². The molecule has 0 atom stereocenters. The summed E-state index contributed by atoms with van der Waals surface area (Å²) < 4.78 is 0. The van der Waals surface area contributed by atoms with Gasteiger partial charge in [-0.3, -0.25) is 10.1 Å². The number of benzene rings is 2. The van der Waals surface area contributed by atoms with Gasteiger partial charge in [-0.15, -0.1) is 0 Å². The predicted molar refractivity (Wildman–Crippen MR) is 73.5 cm³/mol. The molecule has 0 saturated heterocycles. The molecule has 0 radical (unpaired) electrons. The summed E-state index contributed by atoms with van der Waals surface area (Å²) in [7, 11) is 0. The second kappa shape index (κ2) is 5.47. The maximum atomic E-state index is 10.6. The third kappa shape index (κ3) is 2.96. The van der Waals surface area contributed by atoms with Crippen LogP contribution in [0, 0.1) is 10.1 Å². The number of nitro benzene ring substituents is 1. The van der Waals surface area contributed by atoms with Gasteiger partial charge in [0, 0.05) is 12.1 Å².